The normalized spacial score (nSPS) is 20.9. The van der Waals surface area contributed by atoms with Gasteiger partial charge in [0.1, 0.15) is 13.2 Å². The first kappa shape index (κ1) is 15.6. The topological polar surface area (TPSA) is 95.9 Å². The van der Waals surface area contributed by atoms with Crippen molar-refractivity contribution in [2.24, 2.45) is 0 Å². The van der Waals surface area contributed by atoms with Gasteiger partial charge in [-0.15, -0.1) is 0 Å². The number of amides is 2. The third-order valence-corrected chi connectivity index (χ3v) is 3.25. The van der Waals surface area contributed by atoms with Gasteiger partial charge in [0.15, 0.2) is 6.04 Å². The standard InChI is InChI=1S/C15H16N2O5/c1-2-8-22-15(21)17-9-11(18)16-12(13(17)14(19)20)10-6-4-3-5-7-10/h2-7,12-13H,1,8-9H2,(H,16,18)(H,19,20)/t12-,13+/m1/s1. The fourth-order valence-electron chi connectivity index (χ4n) is 2.32. The molecule has 1 fully saturated rings. The maximum absolute atomic E-state index is 12.0. The second-order valence-electron chi connectivity index (χ2n) is 4.73. The molecule has 0 bridgehead atoms. The Hall–Kier alpha value is -2.83. The number of carboxylic acids is 1. The summed E-state index contributed by atoms with van der Waals surface area (Å²) >= 11 is 0. The molecule has 116 valence electrons. The molecular formula is C15H16N2O5. The van der Waals surface area contributed by atoms with Crippen LogP contribution in [0.5, 0.6) is 0 Å². The number of aliphatic carboxylic acids is 1. The summed E-state index contributed by atoms with van der Waals surface area (Å²) in [7, 11) is 0. The summed E-state index contributed by atoms with van der Waals surface area (Å²) in [4.78, 5) is 36.4. The number of nitrogens with zero attached hydrogens (tertiary/aromatic N) is 1. The highest BCUT2D eigenvalue weighted by atomic mass is 16.6. The van der Waals surface area contributed by atoms with Crippen LogP contribution in [-0.4, -0.2) is 47.2 Å². The molecule has 0 unspecified atom stereocenters. The summed E-state index contributed by atoms with van der Waals surface area (Å²) in [6.45, 7) is 3.00. The highest BCUT2D eigenvalue weighted by Gasteiger charge is 2.43. The molecule has 22 heavy (non-hydrogen) atoms. The molecule has 2 amide bonds. The van der Waals surface area contributed by atoms with Crippen molar-refractivity contribution in [3.63, 3.8) is 0 Å². The number of hydrogen-bond acceptors (Lipinski definition) is 4. The summed E-state index contributed by atoms with van der Waals surface area (Å²) in [6, 6.07) is 6.55. The highest BCUT2D eigenvalue weighted by Crippen LogP contribution is 2.25. The molecule has 1 heterocycles. The van der Waals surface area contributed by atoms with Gasteiger partial charge in [0, 0.05) is 0 Å². The molecule has 0 aromatic heterocycles. The van der Waals surface area contributed by atoms with E-state index in [1.165, 1.54) is 6.08 Å². The van der Waals surface area contributed by atoms with E-state index in [0.717, 1.165) is 4.90 Å². The van der Waals surface area contributed by atoms with Crippen molar-refractivity contribution >= 4 is 18.0 Å². The molecular weight excluding hydrogens is 288 g/mol. The van der Waals surface area contributed by atoms with Gasteiger partial charge >= 0.3 is 12.1 Å². The van der Waals surface area contributed by atoms with Crippen molar-refractivity contribution in [1.82, 2.24) is 10.2 Å². The summed E-state index contributed by atoms with van der Waals surface area (Å²) in [5.74, 6) is -1.66. The molecule has 2 rings (SSSR count). The van der Waals surface area contributed by atoms with Gasteiger partial charge in [-0.25, -0.2) is 9.59 Å². The lowest BCUT2D eigenvalue weighted by molar-refractivity contribution is -0.147. The van der Waals surface area contributed by atoms with Crippen molar-refractivity contribution in [2.45, 2.75) is 12.1 Å². The number of carbonyl (C=O) groups is 3. The Balaban J connectivity index is 2.32. The number of hydrogen-bond donors (Lipinski definition) is 2. The maximum Gasteiger partial charge on any atom is 0.411 e. The maximum atomic E-state index is 12.0. The number of carbonyl (C=O) groups excluding carboxylic acids is 2. The average molecular weight is 304 g/mol. The van der Waals surface area contributed by atoms with Gasteiger partial charge in [0.25, 0.3) is 0 Å². The van der Waals surface area contributed by atoms with Crippen molar-refractivity contribution < 1.29 is 24.2 Å². The lowest BCUT2D eigenvalue weighted by Gasteiger charge is -2.38. The van der Waals surface area contributed by atoms with E-state index in [4.69, 9.17) is 4.74 Å². The third-order valence-electron chi connectivity index (χ3n) is 3.25. The minimum Gasteiger partial charge on any atom is -0.480 e. The average Bonchev–Trinajstić information content (AvgIpc) is 2.52. The Labute approximate surface area is 127 Å². The Bertz CT molecular complexity index is 587. The van der Waals surface area contributed by atoms with E-state index in [2.05, 4.69) is 11.9 Å². The highest BCUT2D eigenvalue weighted by molar-refractivity contribution is 5.90. The van der Waals surface area contributed by atoms with Gasteiger partial charge in [0.05, 0.1) is 6.04 Å². The predicted molar refractivity (Wildman–Crippen MR) is 77.0 cm³/mol. The largest absolute Gasteiger partial charge is 0.480 e. The molecule has 2 atom stereocenters. The first-order valence-electron chi connectivity index (χ1n) is 6.66. The molecule has 1 aliphatic rings. The van der Waals surface area contributed by atoms with Crippen LogP contribution in [0.1, 0.15) is 11.6 Å². The summed E-state index contributed by atoms with van der Waals surface area (Å²) in [5, 5.41) is 12.1. The van der Waals surface area contributed by atoms with Gasteiger partial charge in [-0.3, -0.25) is 9.69 Å². The van der Waals surface area contributed by atoms with Crippen molar-refractivity contribution in [1.29, 1.82) is 0 Å². The van der Waals surface area contributed by atoms with Crippen LogP contribution in [0.2, 0.25) is 0 Å². The summed E-state index contributed by atoms with van der Waals surface area (Å²) < 4.78 is 4.87. The molecule has 1 saturated heterocycles. The second-order valence-corrected chi connectivity index (χ2v) is 4.73. The monoisotopic (exact) mass is 304 g/mol. The van der Waals surface area contributed by atoms with Crippen LogP contribution in [0.3, 0.4) is 0 Å². The molecule has 1 aromatic carbocycles. The molecule has 7 heteroatoms. The lowest BCUT2D eigenvalue weighted by Crippen LogP contribution is -2.60. The molecule has 0 saturated carbocycles. The molecule has 0 aliphatic carbocycles. The first-order chi connectivity index (χ1) is 10.5. The zero-order valence-electron chi connectivity index (χ0n) is 11.8. The zero-order chi connectivity index (χ0) is 16.1. The molecule has 7 nitrogen and oxygen atoms in total. The molecule has 2 N–H and O–H groups in total. The van der Waals surface area contributed by atoms with Crippen LogP contribution >= 0.6 is 0 Å². The number of piperazine rings is 1. The van der Waals surface area contributed by atoms with E-state index >= 15 is 0 Å². The van der Waals surface area contributed by atoms with Crippen molar-refractivity contribution in [2.75, 3.05) is 13.2 Å². The Morgan fingerprint density at radius 1 is 1.41 bits per heavy atom. The number of carboxylic acid groups (broad SMARTS) is 1. The minimum absolute atomic E-state index is 0.0563. The molecule has 1 aliphatic heterocycles. The van der Waals surface area contributed by atoms with Crippen LogP contribution in [-0.2, 0) is 14.3 Å². The Kier molecular flexibility index (Phi) is 4.77. The quantitative estimate of drug-likeness (QED) is 0.807. The van der Waals surface area contributed by atoms with E-state index < -0.39 is 30.1 Å². The summed E-state index contributed by atoms with van der Waals surface area (Å²) in [5.41, 5.74) is 0.601. The molecule has 0 spiro atoms. The fourth-order valence-corrected chi connectivity index (χ4v) is 2.32. The Morgan fingerprint density at radius 3 is 2.68 bits per heavy atom. The van der Waals surface area contributed by atoms with Gasteiger partial charge in [-0.2, -0.15) is 0 Å². The molecule has 0 radical (unpaired) electrons. The first-order valence-corrected chi connectivity index (χ1v) is 6.66. The van der Waals surface area contributed by atoms with Crippen LogP contribution in [0.15, 0.2) is 43.0 Å². The van der Waals surface area contributed by atoms with E-state index in [0.29, 0.717) is 5.56 Å². The van der Waals surface area contributed by atoms with E-state index in [9.17, 15) is 19.5 Å². The predicted octanol–water partition coefficient (Wildman–Crippen LogP) is 0.935. The van der Waals surface area contributed by atoms with E-state index in [1.807, 2.05) is 0 Å². The summed E-state index contributed by atoms with van der Waals surface area (Å²) in [6.07, 6.45) is 0.509. The van der Waals surface area contributed by atoms with Crippen molar-refractivity contribution in [3.05, 3.63) is 48.6 Å². The van der Waals surface area contributed by atoms with Gasteiger partial charge in [-0.1, -0.05) is 43.0 Å². The van der Waals surface area contributed by atoms with Crippen LogP contribution in [0.25, 0.3) is 0 Å². The Morgan fingerprint density at radius 2 is 2.09 bits per heavy atom. The van der Waals surface area contributed by atoms with Crippen molar-refractivity contribution in [3.8, 4) is 0 Å². The van der Waals surface area contributed by atoms with Gasteiger partial charge in [-0.05, 0) is 5.56 Å². The zero-order valence-corrected chi connectivity index (χ0v) is 11.8. The number of nitrogens with one attached hydrogen (secondary N) is 1. The lowest BCUT2D eigenvalue weighted by atomic mass is 9.96. The third kappa shape index (κ3) is 3.25. The smallest absolute Gasteiger partial charge is 0.411 e. The molecule has 1 aromatic rings. The number of rotatable bonds is 4. The second kappa shape index (κ2) is 6.75. The van der Waals surface area contributed by atoms with Crippen LogP contribution in [0.4, 0.5) is 4.79 Å². The van der Waals surface area contributed by atoms with Crippen LogP contribution in [0, 0.1) is 0 Å². The van der Waals surface area contributed by atoms with E-state index in [-0.39, 0.29) is 13.2 Å². The fraction of sp³-hybridized carbons (Fsp3) is 0.267. The number of ether oxygens (including phenoxy) is 1. The van der Waals surface area contributed by atoms with Crippen LogP contribution < -0.4 is 5.32 Å². The number of benzene rings is 1. The van der Waals surface area contributed by atoms with Gasteiger partial charge < -0.3 is 15.2 Å². The van der Waals surface area contributed by atoms with E-state index in [1.54, 1.807) is 30.3 Å². The van der Waals surface area contributed by atoms with Gasteiger partial charge in [0.2, 0.25) is 5.91 Å². The SMILES string of the molecule is C=CCOC(=O)N1CC(=O)N[C@H](c2ccccc2)[C@H]1C(=O)O. The minimum atomic E-state index is -1.24.